The number of carbonyl (C=O) groups excluding carboxylic acids is 1. The van der Waals surface area contributed by atoms with Gasteiger partial charge in [0.1, 0.15) is 0 Å². The van der Waals surface area contributed by atoms with E-state index in [4.69, 9.17) is 11.6 Å². The van der Waals surface area contributed by atoms with Crippen molar-refractivity contribution >= 4 is 28.8 Å². The molecule has 0 saturated carbocycles. The SMILES string of the molecule is CC(C(=O)N1CC(CO)CCC1C)c1ccc(Cl)s1. The van der Waals surface area contributed by atoms with Crippen LogP contribution in [0.2, 0.25) is 4.34 Å². The van der Waals surface area contributed by atoms with E-state index in [-0.39, 0.29) is 30.4 Å². The lowest BCUT2D eigenvalue weighted by Crippen LogP contribution is -2.47. The molecule has 0 aromatic carbocycles. The van der Waals surface area contributed by atoms with Gasteiger partial charge in [-0.2, -0.15) is 0 Å². The highest BCUT2D eigenvalue weighted by Gasteiger charge is 2.31. The zero-order valence-electron chi connectivity index (χ0n) is 11.3. The molecule has 0 radical (unpaired) electrons. The molecule has 2 heterocycles. The van der Waals surface area contributed by atoms with Crippen LogP contribution in [-0.2, 0) is 4.79 Å². The Morgan fingerprint density at radius 3 is 2.89 bits per heavy atom. The van der Waals surface area contributed by atoms with Crippen LogP contribution in [0.1, 0.15) is 37.5 Å². The van der Waals surface area contributed by atoms with Crippen molar-refractivity contribution in [1.82, 2.24) is 4.90 Å². The number of halogens is 1. The largest absolute Gasteiger partial charge is 0.396 e. The van der Waals surface area contributed by atoms with Gasteiger partial charge in [-0.3, -0.25) is 4.79 Å². The van der Waals surface area contributed by atoms with Crippen LogP contribution in [0, 0.1) is 5.92 Å². The van der Waals surface area contributed by atoms with Crippen LogP contribution in [0.25, 0.3) is 0 Å². The maximum absolute atomic E-state index is 12.6. The van der Waals surface area contributed by atoms with Crippen molar-refractivity contribution in [3.05, 3.63) is 21.3 Å². The number of thiophene rings is 1. The summed E-state index contributed by atoms with van der Waals surface area (Å²) in [6, 6.07) is 4.02. The van der Waals surface area contributed by atoms with Gasteiger partial charge in [0.25, 0.3) is 0 Å². The Morgan fingerprint density at radius 2 is 2.32 bits per heavy atom. The highest BCUT2D eigenvalue weighted by atomic mass is 35.5. The number of rotatable bonds is 3. The molecule has 1 aromatic heterocycles. The zero-order chi connectivity index (χ0) is 14.0. The summed E-state index contributed by atoms with van der Waals surface area (Å²) >= 11 is 7.39. The number of aliphatic hydroxyl groups is 1. The topological polar surface area (TPSA) is 40.5 Å². The van der Waals surface area contributed by atoms with E-state index in [9.17, 15) is 9.90 Å². The molecule has 1 aliphatic rings. The molecule has 5 heteroatoms. The van der Waals surface area contributed by atoms with Crippen molar-refractivity contribution in [2.75, 3.05) is 13.2 Å². The smallest absolute Gasteiger partial charge is 0.230 e. The van der Waals surface area contributed by atoms with E-state index in [0.717, 1.165) is 22.1 Å². The molecule has 1 fully saturated rings. The van der Waals surface area contributed by atoms with Gasteiger partial charge in [0.15, 0.2) is 0 Å². The molecule has 1 saturated heterocycles. The minimum atomic E-state index is -0.155. The minimum absolute atomic E-state index is 0.143. The maximum atomic E-state index is 12.6. The summed E-state index contributed by atoms with van der Waals surface area (Å²) in [5.74, 6) is 0.209. The van der Waals surface area contributed by atoms with E-state index in [1.165, 1.54) is 11.3 Å². The number of hydrogen-bond acceptors (Lipinski definition) is 3. The number of piperidine rings is 1. The second-order valence-corrected chi connectivity index (χ2v) is 7.08. The summed E-state index contributed by atoms with van der Waals surface area (Å²) < 4.78 is 0.717. The Labute approximate surface area is 123 Å². The summed E-state index contributed by atoms with van der Waals surface area (Å²) in [6.07, 6.45) is 1.97. The second-order valence-electron chi connectivity index (χ2n) is 5.33. The Bertz CT molecular complexity index is 448. The van der Waals surface area contributed by atoms with Gasteiger partial charge in [0, 0.05) is 24.1 Å². The van der Waals surface area contributed by atoms with Crippen LogP contribution in [0.5, 0.6) is 0 Å². The normalized spacial score (nSPS) is 25.4. The summed E-state index contributed by atoms with van der Waals surface area (Å²) in [5, 5.41) is 9.28. The van der Waals surface area contributed by atoms with Crippen LogP contribution in [0.4, 0.5) is 0 Å². The van der Waals surface area contributed by atoms with Crippen molar-refractivity contribution in [2.45, 2.75) is 38.6 Å². The lowest BCUT2D eigenvalue weighted by Gasteiger charge is -2.38. The van der Waals surface area contributed by atoms with Crippen LogP contribution in [-0.4, -0.2) is 35.1 Å². The van der Waals surface area contributed by atoms with Gasteiger partial charge in [0.2, 0.25) is 5.91 Å². The van der Waals surface area contributed by atoms with Gasteiger partial charge in [-0.1, -0.05) is 11.6 Å². The molecule has 19 heavy (non-hydrogen) atoms. The van der Waals surface area contributed by atoms with E-state index < -0.39 is 0 Å². The fraction of sp³-hybridized carbons (Fsp3) is 0.643. The first-order chi connectivity index (χ1) is 9.02. The number of hydrogen-bond donors (Lipinski definition) is 1. The molecular formula is C14H20ClNO2S. The van der Waals surface area contributed by atoms with Crippen molar-refractivity contribution in [3.63, 3.8) is 0 Å². The van der Waals surface area contributed by atoms with E-state index in [0.29, 0.717) is 6.54 Å². The van der Waals surface area contributed by atoms with Crippen LogP contribution >= 0.6 is 22.9 Å². The molecular weight excluding hydrogens is 282 g/mol. The molecule has 3 atom stereocenters. The highest BCUT2D eigenvalue weighted by molar-refractivity contribution is 7.16. The fourth-order valence-corrected chi connectivity index (χ4v) is 3.67. The quantitative estimate of drug-likeness (QED) is 0.932. The number of likely N-dealkylation sites (tertiary alicyclic amines) is 1. The van der Waals surface area contributed by atoms with E-state index in [1.54, 1.807) is 0 Å². The Kier molecular flexibility index (Phi) is 4.87. The highest BCUT2D eigenvalue weighted by Crippen LogP contribution is 2.31. The molecule has 0 bridgehead atoms. The average molecular weight is 302 g/mol. The first kappa shape index (κ1) is 14.8. The standard InChI is InChI=1S/C14H20ClNO2S/c1-9-3-4-11(8-17)7-16(9)14(18)10(2)12-5-6-13(15)19-12/h5-6,9-11,17H,3-4,7-8H2,1-2H3. The molecule has 3 unspecified atom stereocenters. The van der Waals surface area contributed by atoms with Crippen molar-refractivity contribution < 1.29 is 9.90 Å². The zero-order valence-corrected chi connectivity index (χ0v) is 12.9. The number of amides is 1. The fourth-order valence-electron chi connectivity index (χ4n) is 2.57. The van der Waals surface area contributed by atoms with E-state index in [1.807, 2.05) is 24.0 Å². The Hall–Kier alpha value is -0.580. The lowest BCUT2D eigenvalue weighted by molar-refractivity contribution is -0.137. The van der Waals surface area contributed by atoms with Crippen LogP contribution in [0.15, 0.2) is 12.1 Å². The molecule has 1 aromatic rings. The van der Waals surface area contributed by atoms with E-state index in [2.05, 4.69) is 6.92 Å². The lowest BCUT2D eigenvalue weighted by atomic mass is 9.92. The van der Waals surface area contributed by atoms with Crippen molar-refractivity contribution in [2.24, 2.45) is 5.92 Å². The molecule has 3 nitrogen and oxygen atoms in total. The number of nitrogens with zero attached hydrogens (tertiary/aromatic N) is 1. The predicted molar refractivity (Wildman–Crippen MR) is 78.7 cm³/mol. The maximum Gasteiger partial charge on any atom is 0.230 e. The van der Waals surface area contributed by atoms with Gasteiger partial charge in [-0.05, 0) is 44.7 Å². The first-order valence-electron chi connectivity index (χ1n) is 6.69. The number of aliphatic hydroxyl groups excluding tert-OH is 1. The Morgan fingerprint density at radius 1 is 1.58 bits per heavy atom. The summed E-state index contributed by atoms with van der Waals surface area (Å²) in [4.78, 5) is 15.5. The molecule has 0 spiro atoms. The number of carbonyl (C=O) groups is 1. The van der Waals surface area contributed by atoms with Crippen molar-refractivity contribution in [1.29, 1.82) is 0 Å². The summed E-state index contributed by atoms with van der Waals surface area (Å²) in [6.45, 7) is 4.84. The third-order valence-electron chi connectivity index (χ3n) is 3.91. The molecule has 0 aliphatic carbocycles. The molecule has 2 rings (SSSR count). The van der Waals surface area contributed by atoms with Crippen LogP contribution in [0.3, 0.4) is 0 Å². The third kappa shape index (κ3) is 3.30. The third-order valence-corrected chi connectivity index (χ3v) is 5.33. The van der Waals surface area contributed by atoms with Gasteiger partial charge < -0.3 is 10.0 Å². The first-order valence-corrected chi connectivity index (χ1v) is 7.89. The monoisotopic (exact) mass is 301 g/mol. The van der Waals surface area contributed by atoms with Gasteiger partial charge >= 0.3 is 0 Å². The van der Waals surface area contributed by atoms with Gasteiger partial charge in [0.05, 0.1) is 10.3 Å². The summed E-state index contributed by atoms with van der Waals surface area (Å²) in [7, 11) is 0. The van der Waals surface area contributed by atoms with Crippen molar-refractivity contribution in [3.8, 4) is 0 Å². The van der Waals surface area contributed by atoms with E-state index >= 15 is 0 Å². The molecule has 1 amide bonds. The minimum Gasteiger partial charge on any atom is -0.396 e. The molecule has 1 aliphatic heterocycles. The average Bonchev–Trinajstić information content (AvgIpc) is 2.84. The van der Waals surface area contributed by atoms with Gasteiger partial charge in [-0.15, -0.1) is 11.3 Å². The molecule has 106 valence electrons. The second kappa shape index (κ2) is 6.25. The Balaban J connectivity index is 2.09. The van der Waals surface area contributed by atoms with Crippen LogP contribution < -0.4 is 0 Å². The predicted octanol–water partition coefficient (Wildman–Crippen LogP) is 3.12. The molecule has 1 N–H and O–H groups in total. The van der Waals surface area contributed by atoms with Gasteiger partial charge in [-0.25, -0.2) is 0 Å². The summed E-state index contributed by atoms with van der Waals surface area (Å²) in [5.41, 5.74) is 0.